The second-order valence-corrected chi connectivity index (χ2v) is 6.56. The molecule has 2 saturated heterocycles. The number of aryl methyl sites for hydroxylation is 1. The first-order valence-electron chi connectivity index (χ1n) is 11.0. The molecule has 4 rings (SSSR count). The Morgan fingerprint density at radius 1 is 1.06 bits per heavy atom. The Morgan fingerprint density at radius 2 is 1.68 bits per heavy atom. The summed E-state index contributed by atoms with van der Waals surface area (Å²) < 4.78 is 29.3. The molecule has 9 heteroatoms. The minimum atomic E-state index is -0.537. The fourth-order valence-electron chi connectivity index (χ4n) is 3.13. The van der Waals surface area contributed by atoms with Gasteiger partial charge in [-0.25, -0.2) is 14.2 Å². The summed E-state index contributed by atoms with van der Waals surface area (Å²) in [6.45, 7) is 13.1. The van der Waals surface area contributed by atoms with E-state index in [1.165, 1.54) is 18.2 Å². The number of carbonyl (C=O) groups excluding carboxylic acids is 1. The number of amides is 1. The summed E-state index contributed by atoms with van der Waals surface area (Å²) in [6, 6.07) is 5.12. The van der Waals surface area contributed by atoms with E-state index in [9.17, 15) is 13.6 Å². The Balaban J connectivity index is 0.000000336. The van der Waals surface area contributed by atoms with Crippen LogP contribution < -0.4 is 10.3 Å². The molecule has 7 nitrogen and oxygen atoms in total. The first-order chi connectivity index (χ1) is 15.0. The van der Waals surface area contributed by atoms with E-state index in [0.29, 0.717) is 11.9 Å². The molecule has 0 spiro atoms. The molecule has 3 heterocycles. The number of nitrogens with one attached hydrogen (secondary N) is 1. The van der Waals surface area contributed by atoms with Crippen LogP contribution in [-0.2, 0) is 4.79 Å². The van der Waals surface area contributed by atoms with Crippen LogP contribution in [0.1, 0.15) is 52.8 Å². The van der Waals surface area contributed by atoms with Crippen molar-refractivity contribution in [1.29, 1.82) is 0 Å². The summed E-state index contributed by atoms with van der Waals surface area (Å²) in [5, 5.41) is 9.63. The number of hydrazine groups is 1. The van der Waals surface area contributed by atoms with Gasteiger partial charge in [0.2, 0.25) is 11.8 Å². The van der Waals surface area contributed by atoms with Crippen LogP contribution in [-0.4, -0.2) is 47.3 Å². The number of rotatable bonds is 2. The van der Waals surface area contributed by atoms with Gasteiger partial charge in [0.15, 0.2) is 0 Å². The Kier molecular flexibility index (Phi) is 12.3. The highest BCUT2D eigenvalue weighted by Crippen LogP contribution is 2.23. The van der Waals surface area contributed by atoms with Crippen LogP contribution in [0.15, 0.2) is 28.7 Å². The summed E-state index contributed by atoms with van der Waals surface area (Å²) in [4.78, 5) is 14.3. The number of carbonyl (C=O) groups is 1. The van der Waals surface area contributed by atoms with Crippen molar-refractivity contribution in [1.82, 2.24) is 20.6 Å². The third-order valence-electron chi connectivity index (χ3n) is 4.54. The third-order valence-corrected chi connectivity index (χ3v) is 4.54. The lowest BCUT2D eigenvalue weighted by Gasteiger charge is -2.31. The van der Waals surface area contributed by atoms with Gasteiger partial charge in [-0.15, -0.1) is 5.10 Å². The molecule has 1 aromatic carbocycles. The lowest BCUT2D eigenvalue weighted by atomic mass is 9.96. The number of aromatic nitrogens is 2. The Hall–Kier alpha value is -2.55. The van der Waals surface area contributed by atoms with Crippen LogP contribution in [0.5, 0.6) is 0 Å². The van der Waals surface area contributed by atoms with Crippen molar-refractivity contribution in [2.45, 2.75) is 53.9 Å². The second kappa shape index (κ2) is 14.5. The molecule has 1 amide bonds. The van der Waals surface area contributed by atoms with Crippen LogP contribution in [0.3, 0.4) is 0 Å². The maximum Gasteiger partial charge on any atom is 0.318 e. The zero-order valence-electron chi connectivity index (χ0n) is 19.2. The highest BCUT2D eigenvalue weighted by Gasteiger charge is 2.31. The number of hydrogen-bond acceptors (Lipinski definition) is 6. The zero-order chi connectivity index (χ0) is 23.2. The molecule has 0 atom stereocenters. The van der Waals surface area contributed by atoms with Gasteiger partial charge < -0.3 is 9.32 Å². The monoisotopic (exact) mass is 439 g/mol. The molecule has 0 saturated carbocycles. The normalized spacial score (nSPS) is 15.7. The van der Waals surface area contributed by atoms with Crippen LogP contribution in [0, 0.1) is 24.5 Å². The SMILES string of the molecule is CC.CC.Cc1nnc(N2CCC(C(=O)N3CCCN3)CC2)o1.Fc1cccc(F)c1. The van der Waals surface area contributed by atoms with Gasteiger partial charge in [-0.2, -0.15) is 0 Å². The Labute approximate surface area is 183 Å². The molecule has 1 N–H and O–H groups in total. The van der Waals surface area contributed by atoms with Crippen molar-refractivity contribution in [3.63, 3.8) is 0 Å². The molecular formula is C22H35F2N5O2. The molecule has 2 fully saturated rings. The van der Waals surface area contributed by atoms with Gasteiger partial charge in [0.25, 0.3) is 0 Å². The van der Waals surface area contributed by atoms with E-state index in [-0.39, 0.29) is 11.8 Å². The maximum absolute atomic E-state index is 12.2. The molecule has 2 aliphatic rings. The standard InChI is InChI=1S/C12H19N5O2.C6H4F2.2C2H6/c1-9-14-15-12(19-9)16-7-3-10(4-8-16)11(18)17-6-2-5-13-17;7-5-2-1-3-6(8)4-5;2*1-2/h10,13H,2-8H2,1H3;1-4H;2*1-2H3. The predicted molar refractivity (Wildman–Crippen MR) is 117 cm³/mol. The van der Waals surface area contributed by atoms with Gasteiger partial charge >= 0.3 is 6.01 Å². The Morgan fingerprint density at radius 3 is 2.10 bits per heavy atom. The first-order valence-corrected chi connectivity index (χ1v) is 11.0. The summed E-state index contributed by atoms with van der Waals surface area (Å²) in [5.41, 5.74) is 3.13. The third kappa shape index (κ3) is 8.61. The first kappa shape index (κ1) is 26.5. The van der Waals surface area contributed by atoms with Crippen molar-refractivity contribution in [2.75, 3.05) is 31.1 Å². The van der Waals surface area contributed by atoms with E-state index < -0.39 is 11.6 Å². The number of nitrogens with zero attached hydrogens (tertiary/aromatic N) is 4. The minimum Gasteiger partial charge on any atom is -0.408 e. The molecule has 1 aromatic heterocycles. The van der Waals surface area contributed by atoms with Crippen LogP contribution in [0.2, 0.25) is 0 Å². The van der Waals surface area contributed by atoms with Crippen LogP contribution in [0.25, 0.3) is 0 Å². The number of hydrogen-bond donors (Lipinski definition) is 1. The highest BCUT2D eigenvalue weighted by molar-refractivity contribution is 5.78. The van der Waals surface area contributed by atoms with Gasteiger partial charge in [-0.1, -0.05) is 38.9 Å². The fraction of sp³-hybridized carbons (Fsp3) is 0.591. The molecule has 0 aliphatic carbocycles. The minimum absolute atomic E-state index is 0.117. The highest BCUT2D eigenvalue weighted by atomic mass is 19.1. The average Bonchev–Trinajstić information content (AvgIpc) is 3.49. The van der Waals surface area contributed by atoms with Crippen LogP contribution in [0.4, 0.5) is 14.8 Å². The summed E-state index contributed by atoms with van der Waals surface area (Å²) in [5.74, 6) is -0.144. The second-order valence-electron chi connectivity index (χ2n) is 6.56. The van der Waals surface area contributed by atoms with E-state index >= 15 is 0 Å². The van der Waals surface area contributed by atoms with Crippen molar-refractivity contribution in [2.24, 2.45) is 5.92 Å². The van der Waals surface area contributed by atoms with Crippen molar-refractivity contribution in [3.05, 3.63) is 41.8 Å². The molecule has 2 aliphatic heterocycles. The number of piperidine rings is 1. The number of anilines is 1. The molecule has 0 unspecified atom stereocenters. The smallest absolute Gasteiger partial charge is 0.318 e. The lowest BCUT2D eigenvalue weighted by molar-refractivity contribution is -0.137. The molecule has 174 valence electrons. The fourth-order valence-corrected chi connectivity index (χ4v) is 3.13. The van der Waals surface area contributed by atoms with E-state index in [1.807, 2.05) is 27.7 Å². The maximum atomic E-state index is 12.2. The lowest BCUT2D eigenvalue weighted by Crippen LogP contribution is -2.45. The summed E-state index contributed by atoms with van der Waals surface area (Å²) >= 11 is 0. The van der Waals surface area contributed by atoms with Crippen molar-refractivity contribution in [3.8, 4) is 0 Å². The van der Waals surface area contributed by atoms with Crippen molar-refractivity contribution >= 4 is 11.9 Å². The summed E-state index contributed by atoms with van der Waals surface area (Å²) in [7, 11) is 0. The number of halogens is 2. The zero-order valence-corrected chi connectivity index (χ0v) is 19.2. The van der Waals surface area contributed by atoms with E-state index in [1.54, 1.807) is 11.9 Å². The van der Waals surface area contributed by atoms with Gasteiger partial charge in [0.05, 0.1) is 0 Å². The van der Waals surface area contributed by atoms with E-state index in [4.69, 9.17) is 4.42 Å². The average molecular weight is 440 g/mol. The van der Waals surface area contributed by atoms with Gasteiger partial charge in [0.1, 0.15) is 11.6 Å². The largest absolute Gasteiger partial charge is 0.408 e. The van der Waals surface area contributed by atoms with Gasteiger partial charge in [-0.05, 0) is 31.4 Å². The number of benzene rings is 1. The Bertz CT molecular complexity index is 741. The molecule has 2 aromatic rings. The van der Waals surface area contributed by atoms with E-state index in [0.717, 1.165) is 51.5 Å². The van der Waals surface area contributed by atoms with Gasteiger partial charge in [-0.3, -0.25) is 9.80 Å². The molecule has 0 radical (unpaired) electrons. The van der Waals surface area contributed by atoms with Crippen molar-refractivity contribution < 1.29 is 18.0 Å². The quantitative estimate of drug-likeness (QED) is 0.750. The molecule has 0 bridgehead atoms. The van der Waals surface area contributed by atoms with E-state index in [2.05, 4.69) is 20.5 Å². The van der Waals surface area contributed by atoms with Crippen LogP contribution >= 0.6 is 0 Å². The predicted octanol–water partition coefficient (Wildman–Crippen LogP) is 4.35. The molecular weight excluding hydrogens is 404 g/mol. The topological polar surface area (TPSA) is 74.5 Å². The summed E-state index contributed by atoms with van der Waals surface area (Å²) in [6.07, 6.45) is 2.74. The van der Waals surface area contributed by atoms with Gasteiger partial charge in [0, 0.05) is 45.1 Å². The molecule has 31 heavy (non-hydrogen) atoms.